The Labute approximate surface area is 155 Å². The maximum absolute atomic E-state index is 9.33. The number of aryl methyl sites for hydroxylation is 1. The Kier molecular flexibility index (Phi) is 3.83. The third-order valence-electron chi connectivity index (χ3n) is 4.30. The number of nitriles is 1. The van der Waals surface area contributed by atoms with E-state index in [1.54, 1.807) is 0 Å². The SMILES string of the molecule is Cc1c[nH]c2c(Cl)cc(-c3nc(C#N)c(N)nc3-c3ccccc3)cc12. The number of benzene rings is 2. The Morgan fingerprint density at radius 2 is 1.81 bits per heavy atom. The largest absolute Gasteiger partial charge is 0.381 e. The minimum Gasteiger partial charge on any atom is -0.381 e. The van der Waals surface area contributed by atoms with E-state index in [2.05, 4.69) is 15.0 Å². The molecule has 126 valence electrons. The smallest absolute Gasteiger partial charge is 0.183 e. The third kappa shape index (κ3) is 2.57. The van der Waals surface area contributed by atoms with E-state index in [1.165, 1.54) is 0 Å². The Bertz CT molecular complexity index is 1170. The number of nitrogens with zero attached hydrogens (tertiary/aromatic N) is 3. The van der Waals surface area contributed by atoms with E-state index >= 15 is 0 Å². The monoisotopic (exact) mass is 359 g/mol. The van der Waals surface area contributed by atoms with Gasteiger partial charge in [-0.2, -0.15) is 5.26 Å². The number of anilines is 1. The molecule has 0 saturated heterocycles. The molecule has 0 unspecified atom stereocenters. The van der Waals surface area contributed by atoms with Gasteiger partial charge in [-0.05, 0) is 24.6 Å². The molecule has 4 rings (SSSR count). The lowest BCUT2D eigenvalue weighted by Crippen LogP contribution is -2.03. The predicted octanol–water partition coefficient (Wildman–Crippen LogP) is 4.71. The summed E-state index contributed by atoms with van der Waals surface area (Å²) in [6, 6.07) is 15.5. The minimum absolute atomic E-state index is 0.0988. The van der Waals surface area contributed by atoms with Crippen molar-refractivity contribution in [1.29, 1.82) is 5.26 Å². The van der Waals surface area contributed by atoms with Gasteiger partial charge >= 0.3 is 0 Å². The zero-order chi connectivity index (χ0) is 18.3. The van der Waals surface area contributed by atoms with Crippen molar-refractivity contribution >= 4 is 28.3 Å². The standard InChI is InChI=1S/C20H14ClN5/c1-11-10-24-19-14(11)7-13(8-15(19)21)18-17(12-5-3-2-4-6-12)26-20(23)16(9-22)25-18/h2-8,10,24H,1H3,(H2,23,26). The molecule has 5 nitrogen and oxygen atoms in total. The summed E-state index contributed by atoms with van der Waals surface area (Å²) in [6.45, 7) is 2.01. The quantitative estimate of drug-likeness (QED) is 0.542. The van der Waals surface area contributed by atoms with E-state index in [-0.39, 0.29) is 11.5 Å². The van der Waals surface area contributed by atoms with E-state index in [1.807, 2.05) is 61.7 Å². The topological polar surface area (TPSA) is 91.4 Å². The van der Waals surface area contributed by atoms with Crippen molar-refractivity contribution in [3.63, 3.8) is 0 Å². The number of H-pyrrole nitrogens is 1. The highest BCUT2D eigenvalue weighted by atomic mass is 35.5. The second-order valence-corrected chi connectivity index (χ2v) is 6.39. The minimum atomic E-state index is 0.0988. The second-order valence-electron chi connectivity index (χ2n) is 5.98. The molecule has 0 aliphatic heterocycles. The highest BCUT2D eigenvalue weighted by molar-refractivity contribution is 6.35. The number of aromatic amines is 1. The fraction of sp³-hybridized carbons (Fsp3) is 0.0500. The van der Waals surface area contributed by atoms with Crippen molar-refractivity contribution in [2.75, 3.05) is 5.73 Å². The summed E-state index contributed by atoms with van der Waals surface area (Å²) in [4.78, 5) is 12.1. The molecule has 0 spiro atoms. The Hall–Kier alpha value is -3.36. The molecule has 0 amide bonds. The van der Waals surface area contributed by atoms with Crippen LogP contribution in [0.25, 0.3) is 33.4 Å². The van der Waals surface area contributed by atoms with E-state index in [4.69, 9.17) is 17.3 Å². The van der Waals surface area contributed by atoms with Crippen molar-refractivity contribution < 1.29 is 0 Å². The fourth-order valence-electron chi connectivity index (χ4n) is 2.99. The summed E-state index contributed by atoms with van der Waals surface area (Å²) < 4.78 is 0. The molecule has 6 heteroatoms. The number of aromatic nitrogens is 3. The van der Waals surface area contributed by atoms with Crippen molar-refractivity contribution in [2.24, 2.45) is 0 Å². The molecular weight excluding hydrogens is 346 g/mol. The van der Waals surface area contributed by atoms with Gasteiger partial charge in [-0.25, -0.2) is 9.97 Å². The van der Waals surface area contributed by atoms with Gasteiger partial charge in [0.2, 0.25) is 0 Å². The predicted molar refractivity (Wildman–Crippen MR) is 104 cm³/mol. The van der Waals surface area contributed by atoms with Gasteiger partial charge < -0.3 is 10.7 Å². The highest BCUT2D eigenvalue weighted by Crippen LogP contribution is 2.35. The van der Waals surface area contributed by atoms with Crippen molar-refractivity contribution in [2.45, 2.75) is 6.92 Å². The van der Waals surface area contributed by atoms with E-state index in [0.29, 0.717) is 16.4 Å². The summed E-state index contributed by atoms with van der Waals surface area (Å²) in [5, 5.41) is 10.9. The van der Waals surface area contributed by atoms with Crippen molar-refractivity contribution in [3.8, 4) is 28.6 Å². The first-order valence-electron chi connectivity index (χ1n) is 7.99. The molecule has 2 aromatic heterocycles. The molecule has 26 heavy (non-hydrogen) atoms. The van der Waals surface area contributed by atoms with Crippen molar-refractivity contribution in [3.05, 3.63) is 64.9 Å². The van der Waals surface area contributed by atoms with Gasteiger partial charge in [-0.3, -0.25) is 0 Å². The van der Waals surface area contributed by atoms with Crippen LogP contribution in [0.4, 0.5) is 5.82 Å². The van der Waals surface area contributed by atoms with Gasteiger partial charge in [0.05, 0.1) is 21.9 Å². The van der Waals surface area contributed by atoms with Gasteiger partial charge in [-0.15, -0.1) is 0 Å². The molecule has 2 heterocycles. The molecule has 3 N–H and O–H groups in total. The molecular formula is C20H14ClN5. The zero-order valence-electron chi connectivity index (χ0n) is 13.9. The van der Waals surface area contributed by atoms with Gasteiger partial charge in [0.1, 0.15) is 6.07 Å². The van der Waals surface area contributed by atoms with Gasteiger partial charge in [0.15, 0.2) is 11.5 Å². The van der Waals surface area contributed by atoms with Crippen LogP contribution in [0.2, 0.25) is 5.02 Å². The fourth-order valence-corrected chi connectivity index (χ4v) is 3.26. The normalized spacial score (nSPS) is 10.8. The van der Waals surface area contributed by atoms with Gasteiger partial charge in [0, 0.05) is 22.7 Å². The molecule has 0 saturated carbocycles. The number of rotatable bonds is 2. The molecule has 0 aliphatic carbocycles. The molecule has 4 aromatic rings. The molecule has 0 bridgehead atoms. The highest BCUT2D eigenvalue weighted by Gasteiger charge is 2.17. The van der Waals surface area contributed by atoms with Crippen LogP contribution in [0, 0.1) is 18.3 Å². The molecule has 2 aromatic carbocycles. The summed E-state index contributed by atoms with van der Waals surface area (Å²) in [5.74, 6) is 0.111. The third-order valence-corrected chi connectivity index (χ3v) is 4.60. The van der Waals surface area contributed by atoms with E-state index < -0.39 is 0 Å². The summed E-state index contributed by atoms with van der Waals surface area (Å²) >= 11 is 6.46. The molecule has 0 aliphatic rings. The maximum atomic E-state index is 9.33. The van der Waals surface area contributed by atoms with Crippen molar-refractivity contribution in [1.82, 2.24) is 15.0 Å². The van der Waals surface area contributed by atoms with Crippen LogP contribution in [0.3, 0.4) is 0 Å². The Morgan fingerprint density at radius 1 is 1.08 bits per heavy atom. The lowest BCUT2D eigenvalue weighted by Gasteiger charge is -2.11. The van der Waals surface area contributed by atoms with E-state index in [0.717, 1.165) is 27.6 Å². The van der Waals surface area contributed by atoms with Crippen LogP contribution in [-0.4, -0.2) is 15.0 Å². The number of nitrogen functional groups attached to an aromatic ring is 1. The lowest BCUT2D eigenvalue weighted by molar-refractivity contribution is 1.18. The summed E-state index contributed by atoms with van der Waals surface area (Å²) in [7, 11) is 0. The summed E-state index contributed by atoms with van der Waals surface area (Å²) in [6.07, 6.45) is 1.91. The summed E-state index contributed by atoms with van der Waals surface area (Å²) in [5.41, 5.74) is 10.8. The maximum Gasteiger partial charge on any atom is 0.183 e. The first kappa shape index (κ1) is 16.1. The van der Waals surface area contributed by atoms with Gasteiger partial charge in [-0.1, -0.05) is 41.9 Å². The Balaban J connectivity index is 2.05. The number of nitrogens with one attached hydrogen (secondary N) is 1. The average molecular weight is 360 g/mol. The van der Waals surface area contributed by atoms with Crippen LogP contribution in [0.15, 0.2) is 48.7 Å². The average Bonchev–Trinajstić information content (AvgIpc) is 3.04. The van der Waals surface area contributed by atoms with Crippen LogP contribution in [-0.2, 0) is 0 Å². The number of hydrogen-bond donors (Lipinski definition) is 2. The first-order valence-corrected chi connectivity index (χ1v) is 8.37. The van der Waals surface area contributed by atoms with Crippen LogP contribution >= 0.6 is 11.6 Å². The zero-order valence-corrected chi connectivity index (χ0v) is 14.7. The molecule has 0 fully saturated rings. The number of nitrogens with two attached hydrogens (primary N) is 1. The number of fused-ring (bicyclic) bond motifs is 1. The lowest BCUT2D eigenvalue weighted by atomic mass is 10.0. The van der Waals surface area contributed by atoms with Crippen LogP contribution in [0.1, 0.15) is 11.3 Å². The molecule has 0 atom stereocenters. The van der Waals surface area contributed by atoms with Crippen LogP contribution in [0.5, 0.6) is 0 Å². The Morgan fingerprint density at radius 3 is 2.54 bits per heavy atom. The first-order chi connectivity index (χ1) is 12.6. The van der Waals surface area contributed by atoms with Crippen LogP contribution < -0.4 is 5.73 Å². The van der Waals surface area contributed by atoms with E-state index in [9.17, 15) is 5.26 Å². The molecule has 0 radical (unpaired) electrons. The number of halogens is 1. The van der Waals surface area contributed by atoms with Gasteiger partial charge in [0.25, 0.3) is 0 Å². The second kappa shape index (κ2) is 6.17. The number of hydrogen-bond acceptors (Lipinski definition) is 4.